The van der Waals surface area contributed by atoms with Crippen LogP contribution in [0.4, 0.5) is 0 Å². The van der Waals surface area contributed by atoms with Crippen LogP contribution in [0.3, 0.4) is 0 Å². The van der Waals surface area contributed by atoms with Crippen molar-refractivity contribution in [3.63, 3.8) is 0 Å². The molecule has 17 heavy (non-hydrogen) atoms. The molecule has 1 rings (SSSR count). The molecule has 4 heteroatoms. The lowest BCUT2D eigenvalue weighted by Gasteiger charge is -2.13. The maximum Gasteiger partial charge on any atom is 0.330 e. The van der Waals surface area contributed by atoms with Crippen molar-refractivity contribution in [3.8, 4) is 5.75 Å². The summed E-state index contributed by atoms with van der Waals surface area (Å²) in [5.74, 6) is -0.561. The Morgan fingerprint density at radius 3 is 2.76 bits per heavy atom. The van der Waals surface area contributed by atoms with Crippen LogP contribution in [0.2, 0.25) is 0 Å². The molecule has 1 aromatic carbocycles. The summed E-state index contributed by atoms with van der Waals surface area (Å²) in [6.07, 6.45) is 2.87. The van der Waals surface area contributed by atoms with Gasteiger partial charge in [-0.05, 0) is 30.2 Å². The summed E-state index contributed by atoms with van der Waals surface area (Å²) in [5, 5.41) is 18.6. The van der Waals surface area contributed by atoms with E-state index in [2.05, 4.69) is 4.74 Å². The number of methoxy groups -OCH3 is 1. The molecule has 0 fully saturated rings. The average Bonchev–Trinajstić information content (AvgIpc) is 2.31. The molecule has 0 bridgehead atoms. The van der Waals surface area contributed by atoms with Crippen LogP contribution in [-0.4, -0.2) is 29.9 Å². The number of aliphatic hydroxyl groups excluding tert-OH is 1. The van der Waals surface area contributed by atoms with E-state index >= 15 is 0 Å². The number of aromatic hydroxyl groups is 1. The SMILES string of the molecule is COC(=O)/C=C/C(CO)c1ccc(O)cc1C. The maximum absolute atomic E-state index is 11.0. The van der Waals surface area contributed by atoms with Gasteiger partial charge in [0.1, 0.15) is 5.75 Å². The van der Waals surface area contributed by atoms with E-state index in [0.29, 0.717) is 0 Å². The lowest BCUT2D eigenvalue weighted by Crippen LogP contribution is -2.04. The monoisotopic (exact) mass is 236 g/mol. The van der Waals surface area contributed by atoms with Gasteiger partial charge in [0.25, 0.3) is 0 Å². The van der Waals surface area contributed by atoms with Crippen molar-refractivity contribution in [3.05, 3.63) is 41.5 Å². The zero-order chi connectivity index (χ0) is 12.8. The van der Waals surface area contributed by atoms with E-state index in [1.807, 2.05) is 6.92 Å². The number of aryl methyl sites for hydroxylation is 1. The molecular formula is C13H16O4. The topological polar surface area (TPSA) is 66.8 Å². The van der Waals surface area contributed by atoms with E-state index in [9.17, 15) is 15.0 Å². The summed E-state index contributed by atoms with van der Waals surface area (Å²) in [4.78, 5) is 11.0. The van der Waals surface area contributed by atoms with Crippen LogP contribution < -0.4 is 0 Å². The highest BCUT2D eigenvalue weighted by atomic mass is 16.5. The molecule has 1 atom stereocenters. The van der Waals surface area contributed by atoms with Gasteiger partial charge in [0.2, 0.25) is 0 Å². The highest BCUT2D eigenvalue weighted by Gasteiger charge is 2.10. The molecule has 4 nitrogen and oxygen atoms in total. The second kappa shape index (κ2) is 6.06. The van der Waals surface area contributed by atoms with E-state index in [1.165, 1.54) is 13.2 Å². The number of phenolic OH excluding ortho intramolecular Hbond substituents is 1. The largest absolute Gasteiger partial charge is 0.508 e. The van der Waals surface area contributed by atoms with Crippen molar-refractivity contribution in [2.75, 3.05) is 13.7 Å². The number of rotatable bonds is 4. The van der Waals surface area contributed by atoms with Crippen molar-refractivity contribution in [2.24, 2.45) is 0 Å². The molecule has 2 N–H and O–H groups in total. The Hall–Kier alpha value is -1.81. The molecule has 0 aliphatic rings. The molecule has 1 aromatic rings. The number of phenols is 1. The van der Waals surface area contributed by atoms with Crippen LogP contribution in [0.15, 0.2) is 30.4 Å². The maximum atomic E-state index is 11.0. The summed E-state index contributed by atoms with van der Waals surface area (Å²) in [5.41, 5.74) is 1.73. The third kappa shape index (κ3) is 3.60. The van der Waals surface area contributed by atoms with Crippen LogP contribution in [-0.2, 0) is 9.53 Å². The highest BCUT2D eigenvalue weighted by Crippen LogP contribution is 2.24. The summed E-state index contributed by atoms with van der Waals surface area (Å²) < 4.78 is 4.48. The standard InChI is InChI=1S/C13H16O4/c1-9-7-11(15)4-5-12(9)10(8-14)3-6-13(16)17-2/h3-7,10,14-15H,8H2,1-2H3/b6-3+. The molecule has 92 valence electrons. The number of hydrogen-bond donors (Lipinski definition) is 2. The Bertz CT molecular complexity index is 423. The van der Waals surface area contributed by atoms with Crippen molar-refractivity contribution in [1.82, 2.24) is 0 Å². The van der Waals surface area contributed by atoms with E-state index in [-0.39, 0.29) is 18.3 Å². The van der Waals surface area contributed by atoms with Gasteiger partial charge in [0.05, 0.1) is 13.7 Å². The van der Waals surface area contributed by atoms with Crippen LogP contribution in [0, 0.1) is 6.92 Å². The molecule has 0 aromatic heterocycles. The number of carbonyl (C=O) groups excluding carboxylic acids is 1. The van der Waals surface area contributed by atoms with Gasteiger partial charge in [-0.3, -0.25) is 0 Å². The summed E-state index contributed by atoms with van der Waals surface area (Å²) in [7, 11) is 1.30. The van der Waals surface area contributed by atoms with E-state index in [0.717, 1.165) is 11.1 Å². The fourth-order valence-electron chi connectivity index (χ4n) is 1.60. The number of benzene rings is 1. The van der Waals surface area contributed by atoms with E-state index in [4.69, 9.17) is 0 Å². The Kier molecular flexibility index (Phi) is 4.72. The van der Waals surface area contributed by atoms with E-state index in [1.54, 1.807) is 24.3 Å². The number of aliphatic hydroxyl groups is 1. The normalized spacial score (nSPS) is 12.6. The number of carbonyl (C=O) groups is 1. The predicted molar refractivity (Wildman–Crippen MR) is 63.8 cm³/mol. The molecule has 0 amide bonds. The van der Waals surface area contributed by atoms with Crippen molar-refractivity contribution in [2.45, 2.75) is 12.8 Å². The molecule has 0 saturated carbocycles. The quantitative estimate of drug-likeness (QED) is 0.614. The number of ether oxygens (including phenoxy) is 1. The molecular weight excluding hydrogens is 220 g/mol. The third-order valence-corrected chi connectivity index (χ3v) is 2.52. The number of hydrogen-bond acceptors (Lipinski definition) is 4. The van der Waals surface area contributed by atoms with Gasteiger partial charge < -0.3 is 14.9 Å². The Morgan fingerprint density at radius 1 is 1.53 bits per heavy atom. The van der Waals surface area contributed by atoms with Gasteiger partial charge in [-0.2, -0.15) is 0 Å². The average molecular weight is 236 g/mol. The molecule has 0 heterocycles. The van der Waals surface area contributed by atoms with E-state index < -0.39 is 5.97 Å². The first-order valence-corrected chi connectivity index (χ1v) is 5.25. The summed E-state index contributed by atoms with van der Waals surface area (Å²) in [6.45, 7) is 1.73. The second-order valence-electron chi connectivity index (χ2n) is 3.71. The minimum Gasteiger partial charge on any atom is -0.508 e. The zero-order valence-corrected chi connectivity index (χ0v) is 9.88. The second-order valence-corrected chi connectivity index (χ2v) is 3.71. The molecule has 1 unspecified atom stereocenters. The van der Waals surface area contributed by atoms with Crippen LogP contribution in [0.5, 0.6) is 5.75 Å². The summed E-state index contributed by atoms with van der Waals surface area (Å²) >= 11 is 0. The van der Waals surface area contributed by atoms with Crippen LogP contribution >= 0.6 is 0 Å². The smallest absolute Gasteiger partial charge is 0.330 e. The molecule has 0 radical (unpaired) electrons. The Labute approximate surface area is 100 Å². The lowest BCUT2D eigenvalue weighted by atomic mass is 9.95. The predicted octanol–water partition coefficient (Wildman–Crippen LogP) is 1.51. The highest BCUT2D eigenvalue weighted by molar-refractivity contribution is 5.81. The first kappa shape index (κ1) is 13.3. The van der Waals surface area contributed by atoms with Gasteiger partial charge in [-0.25, -0.2) is 4.79 Å². The first-order chi connectivity index (χ1) is 8.08. The third-order valence-electron chi connectivity index (χ3n) is 2.52. The van der Waals surface area contributed by atoms with Gasteiger partial charge in [0.15, 0.2) is 0 Å². The van der Waals surface area contributed by atoms with Gasteiger partial charge in [-0.1, -0.05) is 12.1 Å². The summed E-state index contributed by atoms with van der Waals surface area (Å²) in [6, 6.07) is 4.90. The van der Waals surface area contributed by atoms with Crippen molar-refractivity contribution in [1.29, 1.82) is 0 Å². The van der Waals surface area contributed by atoms with Crippen LogP contribution in [0.1, 0.15) is 17.0 Å². The fourth-order valence-corrected chi connectivity index (χ4v) is 1.60. The number of esters is 1. The minimum atomic E-state index is -0.458. The van der Waals surface area contributed by atoms with Crippen LogP contribution in [0.25, 0.3) is 0 Å². The van der Waals surface area contributed by atoms with Crippen molar-refractivity contribution < 1.29 is 19.7 Å². The molecule has 0 aliphatic carbocycles. The Morgan fingerprint density at radius 2 is 2.24 bits per heavy atom. The Balaban J connectivity index is 2.94. The zero-order valence-electron chi connectivity index (χ0n) is 9.88. The fraction of sp³-hybridized carbons (Fsp3) is 0.308. The minimum absolute atomic E-state index is 0.112. The molecule has 0 saturated heterocycles. The lowest BCUT2D eigenvalue weighted by molar-refractivity contribution is -0.134. The molecule has 0 spiro atoms. The van der Waals surface area contributed by atoms with Gasteiger partial charge in [-0.15, -0.1) is 0 Å². The van der Waals surface area contributed by atoms with Gasteiger partial charge >= 0.3 is 5.97 Å². The molecule has 0 aliphatic heterocycles. The first-order valence-electron chi connectivity index (χ1n) is 5.25. The van der Waals surface area contributed by atoms with Gasteiger partial charge in [0, 0.05) is 12.0 Å². The van der Waals surface area contributed by atoms with Crippen molar-refractivity contribution >= 4 is 5.97 Å².